The van der Waals surface area contributed by atoms with Crippen molar-refractivity contribution in [2.24, 2.45) is 0 Å². The number of hydrogen-bond donors (Lipinski definition) is 1. The second-order valence-corrected chi connectivity index (χ2v) is 7.00. The van der Waals surface area contributed by atoms with Gasteiger partial charge in [-0.3, -0.25) is 14.4 Å². The summed E-state index contributed by atoms with van der Waals surface area (Å²) >= 11 is 1.52. The molecule has 0 aliphatic carbocycles. The number of aryl methyl sites for hydroxylation is 2. The molecule has 3 aromatic rings. The van der Waals surface area contributed by atoms with E-state index in [0.29, 0.717) is 5.69 Å². The molecule has 0 saturated heterocycles. The van der Waals surface area contributed by atoms with Crippen molar-refractivity contribution >= 4 is 17.2 Å². The molecule has 3 rings (SSSR count). The third-order valence-electron chi connectivity index (χ3n) is 3.73. The van der Waals surface area contributed by atoms with Crippen LogP contribution in [0, 0.1) is 13.8 Å². The summed E-state index contributed by atoms with van der Waals surface area (Å²) in [6.45, 7) is 4.06. The van der Waals surface area contributed by atoms with Crippen LogP contribution < -0.4 is 16.4 Å². The van der Waals surface area contributed by atoms with Crippen molar-refractivity contribution in [1.82, 2.24) is 29.9 Å². The van der Waals surface area contributed by atoms with Gasteiger partial charge in [-0.15, -0.1) is 11.3 Å². The number of carbonyl (C=O) groups is 1. The lowest BCUT2D eigenvalue weighted by molar-refractivity contribution is -0.121. The number of amides is 1. The molecular weight excluding hydrogens is 368 g/mol. The van der Waals surface area contributed by atoms with Crippen LogP contribution in [0.5, 0.6) is 0 Å². The molecule has 0 aliphatic heterocycles. The zero-order chi connectivity index (χ0) is 19.4. The third kappa shape index (κ3) is 4.53. The Hall–Kier alpha value is -3.14. The van der Waals surface area contributed by atoms with Crippen molar-refractivity contribution in [2.75, 3.05) is 6.54 Å². The minimum absolute atomic E-state index is 0.179. The average Bonchev–Trinajstić information content (AvgIpc) is 2.97. The molecule has 1 amide bonds. The van der Waals surface area contributed by atoms with Gasteiger partial charge in [-0.2, -0.15) is 10.2 Å². The summed E-state index contributed by atoms with van der Waals surface area (Å²) < 4.78 is 2.37. The van der Waals surface area contributed by atoms with Crippen molar-refractivity contribution in [3.8, 4) is 10.6 Å². The SMILES string of the molecule is Cc1nc(C)c(-c2ccc(=O)n(CCNC(=O)Cn3ncccc3=O)n2)s1. The smallest absolute Gasteiger partial charge is 0.267 e. The van der Waals surface area contributed by atoms with Crippen LogP contribution in [0.2, 0.25) is 0 Å². The lowest BCUT2D eigenvalue weighted by Crippen LogP contribution is -2.36. The highest BCUT2D eigenvalue weighted by molar-refractivity contribution is 7.15. The lowest BCUT2D eigenvalue weighted by Gasteiger charge is -2.08. The normalized spacial score (nSPS) is 10.7. The second-order valence-electron chi connectivity index (χ2n) is 5.80. The van der Waals surface area contributed by atoms with E-state index in [1.807, 2.05) is 13.8 Å². The molecule has 0 atom stereocenters. The van der Waals surface area contributed by atoms with Crippen LogP contribution in [0.3, 0.4) is 0 Å². The molecule has 0 saturated carbocycles. The van der Waals surface area contributed by atoms with Gasteiger partial charge in [-0.25, -0.2) is 14.3 Å². The first kappa shape index (κ1) is 18.6. The second kappa shape index (κ2) is 8.04. The topological polar surface area (TPSA) is 112 Å². The molecule has 1 N–H and O–H groups in total. The molecule has 10 heteroatoms. The van der Waals surface area contributed by atoms with Crippen LogP contribution in [-0.4, -0.2) is 37.0 Å². The molecule has 0 aliphatic rings. The number of aromatic nitrogens is 5. The number of thiazole rings is 1. The first-order valence-corrected chi connectivity index (χ1v) is 9.07. The largest absolute Gasteiger partial charge is 0.353 e. The van der Waals surface area contributed by atoms with E-state index in [-0.39, 0.29) is 36.7 Å². The number of nitrogens with one attached hydrogen (secondary N) is 1. The fourth-order valence-electron chi connectivity index (χ4n) is 2.50. The Morgan fingerprint density at radius 3 is 2.63 bits per heavy atom. The van der Waals surface area contributed by atoms with Gasteiger partial charge in [0.2, 0.25) is 5.91 Å². The Labute approximate surface area is 158 Å². The summed E-state index contributed by atoms with van der Waals surface area (Å²) in [6.07, 6.45) is 1.44. The Kier molecular flexibility index (Phi) is 5.55. The van der Waals surface area contributed by atoms with Crippen LogP contribution in [0.4, 0.5) is 0 Å². The van der Waals surface area contributed by atoms with Crippen LogP contribution in [0.25, 0.3) is 10.6 Å². The van der Waals surface area contributed by atoms with Crippen molar-refractivity contribution in [2.45, 2.75) is 26.9 Å². The van der Waals surface area contributed by atoms with Gasteiger partial charge in [-0.05, 0) is 26.0 Å². The summed E-state index contributed by atoms with van der Waals surface area (Å²) in [5, 5.41) is 11.8. The maximum absolute atomic E-state index is 12.0. The minimum Gasteiger partial charge on any atom is -0.353 e. The molecular formula is C17H18N6O3S. The number of nitrogens with zero attached hydrogens (tertiary/aromatic N) is 5. The first-order valence-electron chi connectivity index (χ1n) is 8.25. The summed E-state index contributed by atoms with van der Waals surface area (Å²) in [5.74, 6) is -0.367. The van der Waals surface area contributed by atoms with Gasteiger partial charge in [0, 0.05) is 24.9 Å². The Bertz CT molecular complexity index is 1080. The van der Waals surface area contributed by atoms with Gasteiger partial charge in [0.1, 0.15) is 12.2 Å². The highest BCUT2D eigenvalue weighted by Crippen LogP contribution is 2.27. The predicted molar refractivity (Wildman–Crippen MR) is 101 cm³/mol. The Morgan fingerprint density at radius 2 is 1.93 bits per heavy atom. The number of rotatable bonds is 6. The zero-order valence-electron chi connectivity index (χ0n) is 14.9. The predicted octanol–water partition coefficient (Wildman–Crippen LogP) is 0.357. The lowest BCUT2D eigenvalue weighted by atomic mass is 10.3. The fourth-order valence-corrected chi connectivity index (χ4v) is 3.38. The van der Waals surface area contributed by atoms with Gasteiger partial charge < -0.3 is 5.32 Å². The summed E-state index contributed by atoms with van der Waals surface area (Å²) in [7, 11) is 0. The monoisotopic (exact) mass is 386 g/mol. The van der Waals surface area contributed by atoms with Crippen LogP contribution in [0.15, 0.2) is 40.1 Å². The average molecular weight is 386 g/mol. The molecule has 3 heterocycles. The van der Waals surface area contributed by atoms with Crippen LogP contribution in [0.1, 0.15) is 10.7 Å². The standard InChI is InChI=1S/C17H18N6O3S/c1-11-17(27-12(2)20-11)13-5-6-16(26)22(21-13)9-8-18-14(24)10-23-15(25)4-3-7-19-23/h3-7H,8-10H2,1-2H3,(H,18,24). The van der Waals surface area contributed by atoms with E-state index in [4.69, 9.17) is 0 Å². The minimum atomic E-state index is -0.367. The van der Waals surface area contributed by atoms with Crippen LogP contribution in [-0.2, 0) is 17.9 Å². The van der Waals surface area contributed by atoms with Gasteiger partial charge in [0.15, 0.2) is 0 Å². The van der Waals surface area contributed by atoms with Gasteiger partial charge >= 0.3 is 0 Å². The van der Waals surface area contributed by atoms with E-state index in [2.05, 4.69) is 20.5 Å². The van der Waals surface area contributed by atoms with Crippen molar-refractivity contribution in [3.63, 3.8) is 0 Å². The Balaban J connectivity index is 1.64. The molecule has 0 radical (unpaired) electrons. The Morgan fingerprint density at radius 1 is 1.15 bits per heavy atom. The van der Waals surface area contributed by atoms with E-state index in [9.17, 15) is 14.4 Å². The van der Waals surface area contributed by atoms with Crippen molar-refractivity contribution in [3.05, 3.63) is 61.9 Å². The maximum atomic E-state index is 12.0. The fraction of sp³-hybridized carbons (Fsp3) is 0.294. The van der Waals surface area contributed by atoms with E-state index < -0.39 is 0 Å². The quantitative estimate of drug-likeness (QED) is 0.655. The molecule has 9 nitrogen and oxygen atoms in total. The molecule has 140 valence electrons. The highest BCUT2D eigenvalue weighted by Gasteiger charge is 2.11. The molecule has 3 aromatic heterocycles. The molecule has 0 bridgehead atoms. The first-order chi connectivity index (χ1) is 12.9. The van der Waals surface area contributed by atoms with Crippen LogP contribution >= 0.6 is 11.3 Å². The molecule has 0 fully saturated rings. The summed E-state index contributed by atoms with van der Waals surface area (Å²) in [6, 6.07) is 5.96. The van der Waals surface area contributed by atoms with E-state index >= 15 is 0 Å². The van der Waals surface area contributed by atoms with Crippen molar-refractivity contribution in [1.29, 1.82) is 0 Å². The third-order valence-corrected chi connectivity index (χ3v) is 4.82. The van der Waals surface area contributed by atoms with Crippen molar-refractivity contribution < 1.29 is 4.79 Å². The van der Waals surface area contributed by atoms with Gasteiger partial charge in [0.25, 0.3) is 11.1 Å². The number of carbonyl (C=O) groups excluding carboxylic acids is 1. The van der Waals surface area contributed by atoms with E-state index in [0.717, 1.165) is 20.3 Å². The van der Waals surface area contributed by atoms with Gasteiger partial charge in [0.05, 0.1) is 22.1 Å². The molecule has 0 aromatic carbocycles. The van der Waals surface area contributed by atoms with E-state index in [1.54, 1.807) is 6.07 Å². The number of hydrogen-bond acceptors (Lipinski definition) is 7. The van der Waals surface area contributed by atoms with Gasteiger partial charge in [-0.1, -0.05) is 0 Å². The summed E-state index contributed by atoms with van der Waals surface area (Å²) in [5.41, 5.74) is 0.926. The van der Waals surface area contributed by atoms with E-state index in [1.165, 1.54) is 40.4 Å². The zero-order valence-corrected chi connectivity index (χ0v) is 15.7. The summed E-state index contributed by atoms with van der Waals surface area (Å²) in [4.78, 5) is 40.8. The molecule has 0 unspecified atom stereocenters. The maximum Gasteiger partial charge on any atom is 0.267 e. The molecule has 0 spiro atoms. The molecule has 27 heavy (non-hydrogen) atoms. The highest BCUT2D eigenvalue weighted by atomic mass is 32.1.